The number of hydrogen-bond acceptors (Lipinski definition) is 4. The number of carbonyl (C=O) groups excluding carboxylic acids is 1. The summed E-state index contributed by atoms with van der Waals surface area (Å²) in [6.07, 6.45) is 0.728. The summed E-state index contributed by atoms with van der Waals surface area (Å²) in [5.74, 6) is 0.970. The molecule has 132 valence electrons. The average molecular weight is 339 g/mol. The summed E-state index contributed by atoms with van der Waals surface area (Å²) in [5, 5.41) is 0. The summed E-state index contributed by atoms with van der Waals surface area (Å²) >= 11 is 0. The molecular formula is C20H25N3O2. The van der Waals surface area contributed by atoms with E-state index < -0.39 is 0 Å². The molecule has 3 rings (SSSR count). The molecule has 0 spiro atoms. The normalized spacial score (nSPS) is 19.6. The molecule has 0 aliphatic carbocycles. The molecule has 2 atom stereocenters. The van der Waals surface area contributed by atoms with Crippen LogP contribution in [0.5, 0.6) is 5.75 Å². The number of carbonyl (C=O) groups is 1. The maximum atomic E-state index is 12.7. The van der Waals surface area contributed by atoms with Gasteiger partial charge in [0, 0.05) is 19.6 Å². The van der Waals surface area contributed by atoms with E-state index in [9.17, 15) is 4.79 Å². The quantitative estimate of drug-likeness (QED) is 0.850. The Morgan fingerprint density at radius 1 is 1.12 bits per heavy atom. The van der Waals surface area contributed by atoms with Crippen LogP contribution in [0.1, 0.15) is 30.5 Å². The molecule has 1 aliphatic rings. The smallest absolute Gasteiger partial charge is 0.241 e. The molecule has 1 fully saturated rings. The fourth-order valence-electron chi connectivity index (χ4n) is 3.10. The highest BCUT2D eigenvalue weighted by Crippen LogP contribution is 2.25. The molecule has 1 saturated heterocycles. The summed E-state index contributed by atoms with van der Waals surface area (Å²) in [5.41, 5.74) is 8.66. The summed E-state index contributed by atoms with van der Waals surface area (Å²) in [4.78, 5) is 14.4. The van der Waals surface area contributed by atoms with Gasteiger partial charge in [-0.05, 0) is 36.6 Å². The summed E-state index contributed by atoms with van der Waals surface area (Å²) in [6, 6.07) is 18.0. The van der Waals surface area contributed by atoms with E-state index in [-0.39, 0.29) is 18.0 Å². The first-order valence-electron chi connectivity index (χ1n) is 8.70. The number of likely N-dealkylation sites (N-methyl/N-ethyl adjacent to an activating group) is 1. The molecule has 2 unspecified atom stereocenters. The van der Waals surface area contributed by atoms with Gasteiger partial charge in [0.15, 0.2) is 0 Å². The minimum atomic E-state index is -0.217. The zero-order valence-corrected chi connectivity index (χ0v) is 14.7. The van der Waals surface area contributed by atoms with Crippen molar-refractivity contribution in [2.45, 2.75) is 32.0 Å². The van der Waals surface area contributed by atoms with Crippen molar-refractivity contribution in [1.29, 1.82) is 0 Å². The SMILES string of the molecule is CCOc1ccc(C2CC(C(=O)N(C)Cc3ccccc3)NN2)cc1. The molecule has 5 nitrogen and oxygen atoms in total. The number of benzene rings is 2. The standard InChI is InChI=1S/C20H25N3O2/c1-3-25-17-11-9-16(10-12-17)18-13-19(22-21-18)20(24)23(2)14-15-7-5-4-6-8-15/h4-12,18-19,21-22H,3,13-14H2,1-2H3. The van der Waals surface area contributed by atoms with Crippen LogP contribution in [0, 0.1) is 0 Å². The third kappa shape index (κ3) is 4.38. The van der Waals surface area contributed by atoms with E-state index in [4.69, 9.17) is 4.74 Å². The van der Waals surface area contributed by atoms with Crippen LogP contribution in [0.4, 0.5) is 0 Å². The summed E-state index contributed by atoms with van der Waals surface area (Å²) in [6.45, 7) is 3.25. The van der Waals surface area contributed by atoms with Crippen molar-refractivity contribution in [1.82, 2.24) is 15.8 Å². The van der Waals surface area contributed by atoms with Crippen LogP contribution >= 0.6 is 0 Å². The van der Waals surface area contributed by atoms with E-state index in [1.165, 1.54) is 0 Å². The largest absolute Gasteiger partial charge is 0.494 e. The van der Waals surface area contributed by atoms with Gasteiger partial charge < -0.3 is 9.64 Å². The lowest BCUT2D eigenvalue weighted by Gasteiger charge is -2.21. The average Bonchev–Trinajstić information content (AvgIpc) is 3.13. The molecule has 5 heteroatoms. The van der Waals surface area contributed by atoms with Crippen molar-refractivity contribution in [3.63, 3.8) is 0 Å². The van der Waals surface area contributed by atoms with Gasteiger partial charge >= 0.3 is 0 Å². The Balaban J connectivity index is 1.57. The van der Waals surface area contributed by atoms with Gasteiger partial charge in [0.05, 0.1) is 6.61 Å². The molecule has 0 aromatic heterocycles. The minimum Gasteiger partial charge on any atom is -0.494 e. The Hall–Kier alpha value is -2.37. The van der Waals surface area contributed by atoms with E-state index >= 15 is 0 Å². The molecule has 2 N–H and O–H groups in total. The van der Waals surface area contributed by atoms with Gasteiger partial charge in [-0.3, -0.25) is 4.79 Å². The Labute approximate surface area is 149 Å². The number of ether oxygens (including phenoxy) is 1. The van der Waals surface area contributed by atoms with Gasteiger partial charge in [-0.2, -0.15) is 0 Å². The fraction of sp³-hybridized carbons (Fsp3) is 0.350. The van der Waals surface area contributed by atoms with E-state index in [2.05, 4.69) is 10.9 Å². The van der Waals surface area contributed by atoms with E-state index in [1.54, 1.807) is 4.90 Å². The maximum Gasteiger partial charge on any atom is 0.241 e. The second kappa shape index (κ2) is 8.14. The van der Waals surface area contributed by atoms with Gasteiger partial charge in [0.2, 0.25) is 5.91 Å². The molecule has 1 aliphatic heterocycles. The number of nitrogens with one attached hydrogen (secondary N) is 2. The highest BCUT2D eigenvalue weighted by Gasteiger charge is 2.31. The van der Waals surface area contributed by atoms with E-state index in [0.717, 1.165) is 23.3 Å². The summed E-state index contributed by atoms with van der Waals surface area (Å²) in [7, 11) is 1.85. The fourth-order valence-corrected chi connectivity index (χ4v) is 3.10. The van der Waals surface area contributed by atoms with Crippen LogP contribution in [0.2, 0.25) is 0 Å². The van der Waals surface area contributed by atoms with E-state index in [1.807, 2.05) is 68.6 Å². The summed E-state index contributed by atoms with van der Waals surface area (Å²) < 4.78 is 5.47. The van der Waals surface area contributed by atoms with Crippen LogP contribution in [0.3, 0.4) is 0 Å². The number of rotatable bonds is 6. The number of hydrogen-bond donors (Lipinski definition) is 2. The minimum absolute atomic E-state index is 0.102. The van der Waals surface area contributed by atoms with Crippen molar-refractivity contribution >= 4 is 5.91 Å². The van der Waals surface area contributed by atoms with Crippen molar-refractivity contribution in [3.8, 4) is 5.75 Å². The predicted octanol–water partition coefficient (Wildman–Crippen LogP) is 2.65. The van der Waals surface area contributed by atoms with Gasteiger partial charge in [0.25, 0.3) is 0 Å². The zero-order chi connectivity index (χ0) is 17.6. The second-order valence-electron chi connectivity index (χ2n) is 6.31. The van der Waals surface area contributed by atoms with Crippen molar-refractivity contribution in [2.75, 3.05) is 13.7 Å². The molecule has 2 aromatic carbocycles. The van der Waals surface area contributed by atoms with Crippen LogP contribution in [-0.2, 0) is 11.3 Å². The van der Waals surface area contributed by atoms with Crippen LogP contribution < -0.4 is 15.6 Å². The Bertz CT molecular complexity index is 688. The zero-order valence-electron chi connectivity index (χ0n) is 14.7. The van der Waals surface area contributed by atoms with Gasteiger partial charge in [-0.15, -0.1) is 0 Å². The Morgan fingerprint density at radius 2 is 1.84 bits per heavy atom. The molecule has 1 amide bonds. The molecule has 0 bridgehead atoms. The number of hydrazine groups is 1. The molecule has 0 saturated carbocycles. The van der Waals surface area contributed by atoms with Gasteiger partial charge in [0.1, 0.15) is 11.8 Å². The Morgan fingerprint density at radius 3 is 2.52 bits per heavy atom. The lowest BCUT2D eigenvalue weighted by molar-refractivity contribution is -0.132. The number of amides is 1. The Kier molecular flexibility index (Phi) is 5.68. The van der Waals surface area contributed by atoms with Gasteiger partial charge in [-0.1, -0.05) is 42.5 Å². The third-order valence-corrected chi connectivity index (χ3v) is 4.43. The second-order valence-corrected chi connectivity index (χ2v) is 6.31. The highest BCUT2D eigenvalue weighted by atomic mass is 16.5. The molecule has 1 heterocycles. The van der Waals surface area contributed by atoms with Crippen molar-refractivity contribution < 1.29 is 9.53 Å². The monoisotopic (exact) mass is 339 g/mol. The molecule has 0 radical (unpaired) electrons. The van der Waals surface area contributed by atoms with Crippen LogP contribution in [0.25, 0.3) is 0 Å². The first-order valence-corrected chi connectivity index (χ1v) is 8.70. The van der Waals surface area contributed by atoms with Crippen LogP contribution in [-0.4, -0.2) is 30.5 Å². The molecule has 25 heavy (non-hydrogen) atoms. The maximum absolute atomic E-state index is 12.7. The van der Waals surface area contributed by atoms with Crippen LogP contribution in [0.15, 0.2) is 54.6 Å². The highest BCUT2D eigenvalue weighted by molar-refractivity contribution is 5.82. The van der Waals surface area contributed by atoms with Crippen molar-refractivity contribution in [3.05, 3.63) is 65.7 Å². The molecular weight excluding hydrogens is 314 g/mol. The number of nitrogens with zero attached hydrogens (tertiary/aromatic N) is 1. The lowest BCUT2D eigenvalue weighted by Crippen LogP contribution is -2.43. The van der Waals surface area contributed by atoms with Crippen molar-refractivity contribution in [2.24, 2.45) is 0 Å². The first kappa shape index (κ1) is 17.5. The molecule has 2 aromatic rings. The predicted molar refractivity (Wildman–Crippen MR) is 97.9 cm³/mol. The first-order chi connectivity index (χ1) is 12.2. The third-order valence-electron chi connectivity index (χ3n) is 4.43. The van der Waals surface area contributed by atoms with Gasteiger partial charge in [-0.25, -0.2) is 10.9 Å². The topological polar surface area (TPSA) is 53.6 Å². The lowest BCUT2D eigenvalue weighted by atomic mass is 10.0. The van der Waals surface area contributed by atoms with E-state index in [0.29, 0.717) is 13.2 Å².